The lowest BCUT2D eigenvalue weighted by atomic mass is 10.1. The summed E-state index contributed by atoms with van der Waals surface area (Å²) in [6.07, 6.45) is 3.18. The Balaban J connectivity index is 2.69. The molecule has 0 saturated heterocycles. The molecule has 1 heterocycles. The van der Waals surface area contributed by atoms with Crippen molar-refractivity contribution in [1.29, 1.82) is 0 Å². The summed E-state index contributed by atoms with van der Waals surface area (Å²) in [6.45, 7) is 5.93. The largest absolute Gasteiger partial charge is 0.619 e. The molecule has 90 valence electrons. The van der Waals surface area contributed by atoms with Gasteiger partial charge in [0.2, 0.25) is 0 Å². The van der Waals surface area contributed by atoms with Gasteiger partial charge in [-0.2, -0.15) is 4.73 Å². The van der Waals surface area contributed by atoms with Crippen molar-refractivity contribution < 1.29 is 9.47 Å². The Labute approximate surface area is 109 Å². The minimum absolute atomic E-state index is 0.112. The summed E-state index contributed by atoms with van der Waals surface area (Å²) in [7, 11) is 0. The zero-order valence-electron chi connectivity index (χ0n) is 10.0. The second kappa shape index (κ2) is 4.53. The molecule has 0 bridgehead atoms. The average Bonchev–Trinajstić information content (AvgIpc) is 2.24. The molecule has 0 unspecified atom stereocenters. The zero-order chi connectivity index (χ0) is 12.6. The summed E-state index contributed by atoms with van der Waals surface area (Å²) in [5, 5.41) is 13.3. The first kappa shape index (κ1) is 12.2. The lowest BCUT2D eigenvalue weighted by Crippen LogP contribution is -2.24. The molecule has 1 aromatic carbocycles. The van der Waals surface area contributed by atoms with Gasteiger partial charge in [0.15, 0.2) is 12.4 Å². The molecule has 17 heavy (non-hydrogen) atoms. The Morgan fingerprint density at radius 2 is 2.06 bits per heavy atom. The van der Waals surface area contributed by atoms with Crippen LogP contribution in [0.2, 0.25) is 0 Å². The number of pyridine rings is 1. The predicted octanol–water partition coefficient (Wildman–Crippen LogP) is 3.33. The van der Waals surface area contributed by atoms with Gasteiger partial charge in [-0.15, -0.1) is 0 Å². The SMILES string of the molecule is Cc1c(OC(C)C)cc(Br)c2cc[n+]([O-])cc12. The van der Waals surface area contributed by atoms with Crippen molar-refractivity contribution in [2.75, 3.05) is 0 Å². The molecular weight excluding hydrogens is 282 g/mol. The van der Waals surface area contributed by atoms with Gasteiger partial charge in [0, 0.05) is 21.5 Å². The van der Waals surface area contributed by atoms with Crippen molar-refractivity contribution in [2.24, 2.45) is 0 Å². The average molecular weight is 296 g/mol. The summed E-state index contributed by atoms with van der Waals surface area (Å²) < 4.78 is 7.48. The molecule has 0 saturated carbocycles. The monoisotopic (exact) mass is 295 g/mol. The summed E-state index contributed by atoms with van der Waals surface area (Å²) >= 11 is 3.51. The number of benzene rings is 1. The van der Waals surface area contributed by atoms with Crippen molar-refractivity contribution >= 4 is 26.7 Å². The smallest absolute Gasteiger partial charge is 0.188 e. The third-order valence-electron chi connectivity index (χ3n) is 2.59. The topological polar surface area (TPSA) is 36.2 Å². The number of aromatic nitrogens is 1. The minimum Gasteiger partial charge on any atom is -0.619 e. The molecule has 0 amide bonds. The first-order valence-corrected chi connectivity index (χ1v) is 6.26. The van der Waals surface area contributed by atoms with Gasteiger partial charge in [-0.25, -0.2) is 0 Å². The van der Waals surface area contributed by atoms with E-state index in [0.29, 0.717) is 0 Å². The normalized spacial score (nSPS) is 11.1. The van der Waals surface area contributed by atoms with Crippen LogP contribution in [-0.2, 0) is 0 Å². The molecular formula is C13H14BrNO2. The molecule has 2 aromatic rings. The highest BCUT2D eigenvalue weighted by Gasteiger charge is 2.12. The van der Waals surface area contributed by atoms with Crippen molar-refractivity contribution in [1.82, 2.24) is 0 Å². The second-order valence-electron chi connectivity index (χ2n) is 4.28. The van der Waals surface area contributed by atoms with Gasteiger partial charge >= 0.3 is 0 Å². The Morgan fingerprint density at radius 1 is 1.35 bits per heavy atom. The van der Waals surface area contributed by atoms with Crippen LogP contribution in [0.15, 0.2) is 29.0 Å². The molecule has 3 nitrogen and oxygen atoms in total. The van der Waals surface area contributed by atoms with Crippen LogP contribution in [0.5, 0.6) is 5.75 Å². The first-order chi connectivity index (χ1) is 7.99. The van der Waals surface area contributed by atoms with E-state index in [-0.39, 0.29) is 6.10 Å². The fourth-order valence-electron chi connectivity index (χ4n) is 1.79. The van der Waals surface area contributed by atoms with Gasteiger partial charge in [-0.3, -0.25) is 0 Å². The molecule has 0 atom stereocenters. The van der Waals surface area contributed by atoms with Crippen LogP contribution in [-0.4, -0.2) is 6.10 Å². The van der Waals surface area contributed by atoms with Crippen molar-refractivity contribution in [3.05, 3.63) is 39.8 Å². The highest BCUT2D eigenvalue weighted by Crippen LogP contribution is 2.33. The van der Waals surface area contributed by atoms with Gasteiger partial charge in [0.25, 0.3) is 0 Å². The lowest BCUT2D eigenvalue weighted by molar-refractivity contribution is -0.603. The highest BCUT2D eigenvalue weighted by atomic mass is 79.9. The van der Waals surface area contributed by atoms with Crippen LogP contribution >= 0.6 is 15.9 Å². The molecule has 0 spiro atoms. The van der Waals surface area contributed by atoms with E-state index in [4.69, 9.17) is 4.74 Å². The van der Waals surface area contributed by atoms with Crippen molar-refractivity contribution in [3.63, 3.8) is 0 Å². The van der Waals surface area contributed by atoms with Crippen LogP contribution in [0.1, 0.15) is 19.4 Å². The van der Waals surface area contributed by atoms with E-state index in [2.05, 4.69) is 15.9 Å². The van der Waals surface area contributed by atoms with E-state index in [9.17, 15) is 5.21 Å². The molecule has 0 N–H and O–H groups in total. The maximum absolute atomic E-state index is 11.3. The highest BCUT2D eigenvalue weighted by molar-refractivity contribution is 9.10. The number of fused-ring (bicyclic) bond motifs is 1. The maximum Gasteiger partial charge on any atom is 0.188 e. The summed E-state index contributed by atoms with van der Waals surface area (Å²) in [5.74, 6) is 0.811. The van der Waals surface area contributed by atoms with Crippen LogP contribution in [0.4, 0.5) is 0 Å². The summed E-state index contributed by atoms with van der Waals surface area (Å²) in [5.41, 5.74) is 0.988. The molecule has 0 radical (unpaired) electrons. The van der Waals surface area contributed by atoms with Gasteiger partial charge in [-0.05, 0) is 26.8 Å². The second-order valence-corrected chi connectivity index (χ2v) is 5.13. The predicted molar refractivity (Wildman–Crippen MR) is 71.1 cm³/mol. The number of aryl methyl sites for hydroxylation is 1. The third-order valence-corrected chi connectivity index (χ3v) is 3.24. The molecule has 0 fully saturated rings. The van der Waals surface area contributed by atoms with Crippen LogP contribution in [0.25, 0.3) is 10.8 Å². The van der Waals surface area contributed by atoms with Crippen LogP contribution in [0, 0.1) is 12.1 Å². The van der Waals surface area contributed by atoms with E-state index in [0.717, 1.165) is 31.3 Å². The lowest BCUT2D eigenvalue weighted by Gasteiger charge is -2.14. The first-order valence-electron chi connectivity index (χ1n) is 5.47. The maximum atomic E-state index is 11.3. The van der Waals surface area contributed by atoms with Crippen LogP contribution in [0.3, 0.4) is 0 Å². The number of nitrogens with zero attached hydrogens (tertiary/aromatic N) is 1. The molecule has 1 aromatic heterocycles. The van der Waals surface area contributed by atoms with Crippen molar-refractivity contribution in [2.45, 2.75) is 26.9 Å². The zero-order valence-corrected chi connectivity index (χ0v) is 11.6. The van der Waals surface area contributed by atoms with E-state index in [1.165, 1.54) is 6.20 Å². The van der Waals surface area contributed by atoms with Gasteiger partial charge in [-0.1, -0.05) is 15.9 Å². The summed E-state index contributed by atoms with van der Waals surface area (Å²) in [6, 6.07) is 3.76. The Hall–Kier alpha value is -1.29. The molecule has 0 aliphatic rings. The number of ether oxygens (including phenoxy) is 1. The molecule has 4 heteroatoms. The number of halogens is 1. The quantitative estimate of drug-likeness (QED) is 0.629. The van der Waals surface area contributed by atoms with Gasteiger partial charge < -0.3 is 9.94 Å². The third kappa shape index (κ3) is 2.36. The Morgan fingerprint density at radius 3 is 2.71 bits per heavy atom. The van der Waals surface area contributed by atoms with Gasteiger partial charge in [0.1, 0.15) is 5.75 Å². The summed E-state index contributed by atoms with van der Waals surface area (Å²) in [4.78, 5) is 0. The van der Waals surface area contributed by atoms with Gasteiger partial charge in [0.05, 0.1) is 11.5 Å². The van der Waals surface area contributed by atoms with Crippen LogP contribution < -0.4 is 9.47 Å². The van der Waals surface area contributed by atoms with E-state index in [1.807, 2.05) is 26.8 Å². The fraction of sp³-hybridized carbons (Fsp3) is 0.308. The van der Waals surface area contributed by atoms with E-state index in [1.54, 1.807) is 12.3 Å². The van der Waals surface area contributed by atoms with E-state index >= 15 is 0 Å². The minimum atomic E-state index is 0.112. The fourth-order valence-corrected chi connectivity index (χ4v) is 2.35. The Kier molecular flexibility index (Phi) is 3.24. The van der Waals surface area contributed by atoms with E-state index < -0.39 is 0 Å². The molecule has 0 aliphatic heterocycles. The molecule has 0 aliphatic carbocycles. The Bertz CT molecular complexity index is 567. The standard InChI is InChI=1S/C13H14BrNO2/c1-8(2)17-13-6-12(14)10-4-5-15(16)7-11(10)9(13)3/h4-8H,1-3H3. The number of hydrogen-bond acceptors (Lipinski definition) is 2. The van der Waals surface area contributed by atoms with Crippen molar-refractivity contribution in [3.8, 4) is 5.75 Å². The number of rotatable bonds is 2. The number of hydrogen-bond donors (Lipinski definition) is 0. The molecule has 2 rings (SSSR count).